The number of benzene rings is 1. The lowest BCUT2D eigenvalue weighted by Gasteiger charge is -2.29. The van der Waals surface area contributed by atoms with Gasteiger partial charge in [0.2, 0.25) is 5.91 Å². The van der Waals surface area contributed by atoms with Crippen LogP contribution in [0.1, 0.15) is 28.8 Å². The van der Waals surface area contributed by atoms with Crippen LogP contribution in [0.4, 0.5) is 5.69 Å². The molecule has 0 spiro atoms. The van der Waals surface area contributed by atoms with Crippen LogP contribution in [0, 0.1) is 0 Å². The van der Waals surface area contributed by atoms with E-state index in [0.717, 1.165) is 24.1 Å². The topological polar surface area (TPSA) is 69.6 Å². The second kappa shape index (κ2) is 5.84. The van der Waals surface area contributed by atoms with Crippen LogP contribution in [0.25, 0.3) is 0 Å². The molecule has 0 saturated heterocycles. The largest absolute Gasteiger partial charge is 0.478 e. The first-order valence-corrected chi connectivity index (χ1v) is 6.44. The lowest BCUT2D eigenvalue weighted by Crippen LogP contribution is -2.36. The molecule has 5 heteroatoms. The molecule has 102 valence electrons. The molecule has 2 N–H and O–H groups in total. The Morgan fingerprint density at radius 3 is 2.89 bits per heavy atom. The molecule has 0 unspecified atom stereocenters. The van der Waals surface area contributed by atoms with Crippen molar-refractivity contribution in [1.82, 2.24) is 5.32 Å². The quantitative estimate of drug-likeness (QED) is 0.857. The Labute approximate surface area is 112 Å². The molecule has 0 aliphatic carbocycles. The van der Waals surface area contributed by atoms with Crippen LogP contribution in [0.3, 0.4) is 0 Å². The molecule has 1 aromatic carbocycles. The molecule has 0 saturated carbocycles. The van der Waals surface area contributed by atoms with E-state index in [0.29, 0.717) is 19.5 Å². The van der Waals surface area contributed by atoms with Crippen molar-refractivity contribution in [3.63, 3.8) is 0 Å². The number of anilines is 1. The van der Waals surface area contributed by atoms with Crippen molar-refractivity contribution in [2.75, 3.05) is 25.0 Å². The van der Waals surface area contributed by atoms with Crippen molar-refractivity contribution in [2.45, 2.75) is 19.3 Å². The van der Waals surface area contributed by atoms with Crippen molar-refractivity contribution in [3.8, 4) is 0 Å². The summed E-state index contributed by atoms with van der Waals surface area (Å²) < 4.78 is 0. The van der Waals surface area contributed by atoms with Crippen molar-refractivity contribution in [1.29, 1.82) is 0 Å². The fraction of sp³-hybridized carbons (Fsp3) is 0.429. The van der Waals surface area contributed by atoms with Crippen molar-refractivity contribution in [2.24, 2.45) is 0 Å². The van der Waals surface area contributed by atoms with Gasteiger partial charge in [0.25, 0.3) is 0 Å². The average molecular weight is 262 g/mol. The summed E-state index contributed by atoms with van der Waals surface area (Å²) >= 11 is 0. The zero-order chi connectivity index (χ0) is 13.8. The molecule has 0 radical (unpaired) electrons. The lowest BCUT2D eigenvalue weighted by molar-refractivity contribution is -0.118. The highest BCUT2D eigenvalue weighted by Gasteiger charge is 2.22. The normalized spacial score (nSPS) is 14.1. The summed E-state index contributed by atoms with van der Waals surface area (Å²) in [5.74, 6) is -0.847. The number of carbonyl (C=O) groups is 2. The highest BCUT2D eigenvalue weighted by molar-refractivity contribution is 5.96. The predicted molar refractivity (Wildman–Crippen MR) is 72.6 cm³/mol. The third kappa shape index (κ3) is 2.93. The minimum atomic E-state index is -0.929. The summed E-state index contributed by atoms with van der Waals surface area (Å²) in [7, 11) is 1.82. The number of hydrogen-bond acceptors (Lipinski definition) is 3. The summed E-state index contributed by atoms with van der Waals surface area (Å²) in [6.07, 6.45) is 2.16. The molecule has 1 aromatic rings. The van der Waals surface area contributed by atoms with Crippen LogP contribution in [-0.4, -0.2) is 37.1 Å². The maximum Gasteiger partial charge on any atom is 0.335 e. The SMILES string of the molecule is CNCCC(=O)N1CCCc2cc(C(=O)O)ccc21. The maximum atomic E-state index is 12.1. The van der Waals surface area contributed by atoms with E-state index in [2.05, 4.69) is 5.32 Å². The van der Waals surface area contributed by atoms with Gasteiger partial charge in [-0.15, -0.1) is 0 Å². The van der Waals surface area contributed by atoms with Crippen LogP contribution in [0.15, 0.2) is 18.2 Å². The molecule has 5 nitrogen and oxygen atoms in total. The molecule has 0 fully saturated rings. The maximum absolute atomic E-state index is 12.1. The summed E-state index contributed by atoms with van der Waals surface area (Å²) in [5, 5.41) is 11.9. The van der Waals surface area contributed by atoms with E-state index in [9.17, 15) is 9.59 Å². The Hall–Kier alpha value is -1.88. The Kier molecular flexibility index (Phi) is 4.16. The van der Waals surface area contributed by atoms with Crippen LogP contribution < -0.4 is 10.2 Å². The number of aryl methyl sites for hydroxylation is 1. The summed E-state index contributed by atoms with van der Waals surface area (Å²) in [6, 6.07) is 4.98. The van der Waals surface area contributed by atoms with Gasteiger partial charge in [-0.2, -0.15) is 0 Å². The first-order valence-electron chi connectivity index (χ1n) is 6.44. The van der Waals surface area contributed by atoms with Gasteiger partial charge in [0.05, 0.1) is 5.56 Å². The Morgan fingerprint density at radius 1 is 1.42 bits per heavy atom. The number of carboxylic acids is 1. The number of carbonyl (C=O) groups excluding carboxylic acids is 1. The van der Waals surface area contributed by atoms with Gasteiger partial charge >= 0.3 is 5.97 Å². The molecule has 2 rings (SSSR count). The van der Waals surface area contributed by atoms with E-state index in [1.54, 1.807) is 23.1 Å². The number of fused-ring (bicyclic) bond motifs is 1. The molecule has 1 aliphatic rings. The number of nitrogens with one attached hydrogen (secondary N) is 1. The molecular formula is C14H18N2O3. The van der Waals surface area contributed by atoms with E-state index in [1.807, 2.05) is 7.05 Å². The highest BCUT2D eigenvalue weighted by Crippen LogP contribution is 2.28. The second-order valence-corrected chi connectivity index (χ2v) is 4.65. The van der Waals surface area contributed by atoms with Gasteiger partial charge in [-0.1, -0.05) is 0 Å². The summed E-state index contributed by atoms with van der Waals surface area (Å²) in [4.78, 5) is 24.8. The molecule has 1 aliphatic heterocycles. The fourth-order valence-electron chi connectivity index (χ4n) is 2.36. The van der Waals surface area contributed by atoms with Crippen molar-refractivity contribution >= 4 is 17.6 Å². The van der Waals surface area contributed by atoms with Gasteiger partial charge in [-0.3, -0.25) is 4.79 Å². The Bertz CT molecular complexity index is 499. The van der Waals surface area contributed by atoms with Crippen LogP contribution in [0.5, 0.6) is 0 Å². The molecule has 0 aromatic heterocycles. The zero-order valence-corrected chi connectivity index (χ0v) is 11.0. The van der Waals surface area contributed by atoms with E-state index < -0.39 is 5.97 Å². The highest BCUT2D eigenvalue weighted by atomic mass is 16.4. The van der Waals surface area contributed by atoms with Gasteiger partial charge in [-0.25, -0.2) is 4.79 Å². The molecule has 0 atom stereocenters. The zero-order valence-electron chi connectivity index (χ0n) is 11.0. The molecule has 1 amide bonds. The van der Waals surface area contributed by atoms with Crippen LogP contribution in [-0.2, 0) is 11.2 Å². The molecule has 19 heavy (non-hydrogen) atoms. The number of rotatable bonds is 4. The molecular weight excluding hydrogens is 244 g/mol. The molecule has 1 heterocycles. The van der Waals surface area contributed by atoms with Crippen molar-refractivity contribution < 1.29 is 14.7 Å². The second-order valence-electron chi connectivity index (χ2n) is 4.65. The van der Waals surface area contributed by atoms with Gasteiger partial charge in [0.15, 0.2) is 0 Å². The number of aromatic carboxylic acids is 1. The van der Waals surface area contributed by atoms with Crippen LogP contribution in [0.2, 0.25) is 0 Å². The average Bonchev–Trinajstić information content (AvgIpc) is 2.43. The predicted octanol–water partition coefficient (Wildman–Crippen LogP) is 1.27. The van der Waals surface area contributed by atoms with Crippen LogP contribution >= 0.6 is 0 Å². The first-order chi connectivity index (χ1) is 9.13. The Morgan fingerprint density at radius 2 is 2.21 bits per heavy atom. The van der Waals surface area contributed by atoms with Gasteiger partial charge in [0, 0.05) is 25.2 Å². The van der Waals surface area contributed by atoms with Gasteiger partial charge in [0.1, 0.15) is 0 Å². The monoisotopic (exact) mass is 262 g/mol. The minimum Gasteiger partial charge on any atom is -0.478 e. The Balaban J connectivity index is 2.24. The van der Waals surface area contributed by atoms with Crippen molar-refractivity contribution in [3.05, 3.63) is 29.3 Å². The van der Waals surface area contributed by atoms with E-state index in [4.69, 9.17) is 5.11 Å². The van der Waals surface area contributed by atoms with Gasteiger partial charge in [-0.05, 0) is 43.7 Å². The number of nitrogens with zero attached hydrogens (tertiary/aromatic N) is 1. The van der Waals surface area contributed by atoms with E-state index in [-0.39, 0.29) is 11.5 Å². The summed E-state index contributed by atoms with van der Waals surface area (Å²) in [6.45, 7) is 1.36. The number of hydrogen-bond donors (Lipinski definition) is 2. The third-order valence-corrected chi connectivity index (χ3v) is 3.33. The lowest BCUT2D eigenvalue weighted by atomic mass is 9.99. The smallest absolute Gasteiger partial charge is 0.335 e. The van der Waals surface area contributed by atoms with E-state index in [1.165, 1.54) is 0 Å². The first kappa shape index (κ1) is 13.5. The number of carboxylic acid groups (broad SMARTS) is 1. The standard InChI is InChI=1S/C14H18N2O3/c1-15-7-6-13(17)16-8-2-3-10-9-11(14(18)19)4-5-12(10)16/h4-5,9,15H,2-3,6-8H2,1H3,(H,18,19). The van der Waals surface area contributed by atoms with E-state index >= 15 is 0 Å². The minimum absolute atomic E-state index is 0.0818. The molecule has 0 bridgehead atoms. The van der Waals surface area contributed by atoms with Gasteiger partial charge < -0.3 is 15.3 Å². The number of amides is 1. The summed E-state index contributed by atoms with van der Waals surface area (Å²) in [5.41, 5.74) is 2.09. The third-order valence-electron chi connectivity index (χ3n) is 3.33. The fourth-order valence-corrected chi connectivity index (χ4v) is 2.36.